The van der Waals surface area contributed by atoms with Gasteiger partial charge in [0, 0.05) is 18.1 Å². The summed E-state index contributed by atoms with van der Waals surface area (Å²) in [5, 5.41) is 1.06. The predicted molar refractivity (Wildman–Crippen MR) is 95.9 cm³/mol. The highest BCUT2D eigenvalue weighted by molar-refractivity contribution is 6.07. The molecule has 0 aliphatic carbocycles. The Hall–Kier alpha value is -2.27. The van der Waals surface area contributed by atoms with Gasteiger partial charge >= 0.3 is 0 Å². The molecule has 1 fully saturated rings. The van der Waals surface area contributed by atoms with E-state index in [-0.39, 0.29) is 0 Å². The summed E-state index contributed by atoms with van der Waals surface area (Å²) in [4.78, 5) is 10.4. The Morgan fingerprint density at radius 1 is 1.21 bits per heavy atom. The van der Waals surface area contributed by atoms with Gasteiger partial charge in [0.15, 0.2) is 11.5 Å². The largest absolute Gasteiger partial charge is 0.491 e. The van der Waals surface area contributed by atoms with Crippen LogP contribution in [0.1, 0.15) is 19.3 Å². The fourth-order valence-electron chi connectivity index (χ4n) is 3.53. The Balaban J connectivity index is 1.53. The maximum absolute atomic E-state index is 6.00. The lowest BCUT2D eigenvalue weighted by atomic mass is 10.2. The van der Waals surface area contributed by atoms with E-state index in [2.05, 4.69) is 20.9 Å². The first-order valence-electron chi connectivity index (χ1n) is 8.65. The summed E-state index contributed by atoms with van der Waals surface area (Å²) in [6, 6.07) is 8.00. The molecular formula is C19H23N3O2. The van der Waals surface area contributed by atoms with Crippen molar-refractivity contribution in [3.05, 3.63) is 30.5 Å². The highest BCUT2D eigenvalue weighted by Gasteiger charge is 2.15. The van der Waals surface area contributed by atoms with Crippen LogP contribution in [0, 0.1) is 0 Å². The minimum absolute atomic E-state index is 0.705. The maximum Gasteiger partial charge on any atom is 0.185 e. The molecule has 3 heterocycles. The van der Waals surface area contributed by atoms with Gasteiger partial charge in [0.2, 0.25) is 0 Å². The smallest absolute Gasteiger partial charge is 0.185 e. The number of pyridine rings is 1. The molecule has 0 spiro atoms. The van der Waals surface area contributed by atoms with Gasteiger partial charge in [-0.15, -0.1) is 0 Å². The van der Waals surface area contributed by atoms with Crippen molar-refractivity contribution in [1.29, 1.82) is 0 Å². The summed E-state index contributed by atoms with van der Waals surface area (Å²) in [5.41, 5.74) is 2.92. The molecule has 1 aromatic carbocycles. The Labute approximate surface area is 141 Å². The number of ether oxygens (including phenoxy) is 2. The number of aromatic nitrogens is 2. The zero-order valence-electron chi connectivity index (χ0n) is 14.0. The Morgan fingerprint density at radius 2 is 2.08 bits per heavy atom. The fourth-order valence-corrected chi connectivity index (χ4v) is 3.53. The number of nitrogens with one attached hydrogen (secondary N) is 1. The fraction of sp³-hybridized carbons (Fsp3) is 0.421. The van der Waals surface area contributed by atoms with Crippen molar-refractivity contribution in [2.24, 2.45) is 0 Å². The molecule has 0 amide bonds. The average Bonchev–Trinajstić information content (AvgIpc) is 3.25. The van der Waals surface area contributed by atoms with Crippen LogP contribution in [-0.2, 0) is 0 Å². The van der Waals surface area contributed by atoms with Crippen LogP contribution in [-0.4, -0.2) is 48.2 Å². The van der Waals surface area contributed by atoms with Gasteiger partial charge in [-0.1, -0.05) is 0 Å². The van der Waals surface area contributed by atoms with Gasteiger partial charge < -0.3 is 19.4 Å². The quantitative estimate of drug-likeness (QED) is 0.704. The molecular weight excluding hydrogens is 302 g/mol. The minimum atomic E-state index is 0.705. The number of nitrogens with zero attached hydrogens (tertiary/aromatic N) is 2. The van der Waals surface area contributed by atoms with E-state index in [1.807, 2.05) is 24.4 Å². The molecule has 1 aliphatic rings. The van der Waals surface area contributed by atoms with Gasteiger partial charge in [-0.25, -0.2) is 0 Å². The molecule has 4 rings (SSSR count). The van der Waals surface area contributed by atoms with E-state index >= 15 is 0 Å². The second-order valence-electron chi connectivity index (χ2n) is 6.29. The summed E-state index contributed by atoms with van der Waals surface area (Å²) in [7, 11) is 1.69. The first-order valence-corrected chi connectivity index (χ1v) is 8.65. The highest BCUT2D eigenvalue weighted by Crippen LogP contribution is 2.37. The molecule has 1 N–H and O–H groups in total. The average molecular weight is 325 g/mol. The van der Waals surface area contributed by atoms with Gasteiger partial charge in [-0.05, 0) is 56.6 Å². The van der Waals surface area contributed by atoms with Crippen LogP contribution in [0.3, 0.4) is 0 Å². The van der Waals surface area contributed by atoms with Gasteiger partial charge in [0.1, 0.15) is 0 Å². The van der Waals surface area contributed by atoms with E-state index in [9.17, 15) is 0 Å². The molecule has 0 bridgehead atoms. The number of hydrogen-bond acceptors (Lipinski definition) is 4. The van der Waals surface area contributed by atoms with E-state index in [4.69, 9.17) is 9.47 Å². The number of rotatable bonds is 6. The number of H-pyrrole nitrogens is 1. The van der Waals surface area contributed by atoms with Gasteiger partial charge in [-0.3, -0.25) is 4.98 Å². The van der Waals surface area contributed by atoms with Crippen molar-refractivity contribution < 1.29 is 9.47 Å². The van der Waals surface area contributed by atoms with Crippen molar-refractivity contribution in [2.75, 3.05) is 33.4 Å². The van der Waals surface area contributed by atoms with Crippen LogP contribution < -0.4 is 9.47 Å². The van der Waals surface area contributed by atoms with E-state index in [1.165, 1.54) is 25.9 Å². The lowest BCUT2D eigenvalue weighted by Crippen LogP contribution is -2.21. The van der Waals surface area contributed by atoms with Crippen LogP contribution >= 0.6 is 0 Å². The molecule has 3 aromatic rings. The summed E-state index contributed by atoms with van der Waals surface area (Å²) in [6.07, 6.45) is 5.51. The van der Waals surface area contributed by atoms with Crippen molar-refractivity contribution in [3.8, 4) is 11.5 Å². The lowest BCUT2D eigenvalue weighted by Gasteiger charge is -2.15. The molecule has 126 valence electrons. The molecule has 5 nitrogen and oxygen atoms in total. The van der Waals surface area contributed by atoms with Crippen LogP contribution in [0.25, 0.3) is 21.9 Å². The predicted octanol–water partition coefficient (Wildman–Crippen LogP) is 3.59. The summed E-state index contributed by atoms with van der Waals surface area (Å²) >= 11 is 0. The van der Waals surface area contributed by atoms with Crippen LogP contribution in [0.4, 0.5) is 0 Å². The Bertz CT molecular complexity index is 837. The van der Waals surface area contributed by atoms with Gasteiger partial charge in [0.05, 0.1) is 30.3 Å². The molecule has 0 atom stereocenters. The third-order valence-corrected chi connectivity index (χ3v) is 4.72. The van der Waals surface area contributed by atoms with Crippen LogP contribution in [0.2, 0.25) is 0 Å². The molecule has 5 heteroatoms. The van der Waals surface area contributed by atoms with Crippen molar-refractivity contribution in [2.45, 2.75) is 19.3 Å². The first-order chi connectivity index (χ1) is 11.9. The zero-order chi connectivity index (χ0) is 16.4. The van der Waals surface area contributed by atoms with Crippen molar-refractivity contribution in [1.82, 2.24) is 14.9 Å². The minimum Gasteiger partial charge on any atom is -0.491 e. The molecule has 2 aromatic heterocycles. The second-order valence-corrected chi connectivity index (χ2v) is 6.29. The van der Waals surface area contributed by atoms with Gasteiger partial charge in [0.25, 0.3) is 0 Å². The number of hydrogen-bond donors (Lipinski definition) is 1. The summed E-state index contributed by atoms with van der Waals surface area (Å²) in [5.74, 6) is 1.55. The lowest BCUT2D eigenvalue weighted by molar-refractivity contribution is 0.255. The maximum atomic E-state index is 6.00. The molecule has 1 aliphatic heterocycles. The number of aromatic amines is 1. The standard InChI is InChI=1S/C19H23N3O2/c1-23-19-16(24-13-5-12-22-10-2-3-11-22)8-7-14-17-15(21-18(14)19)6-4-9-20-17/h4,6-9,21H,2-3,5,10-13H2,1H3. The number of methoxy groups -OCH3 is 1. The van der Waals surface area contributed by atoms with Crippen LogP contribution in [0.5, 0.6) is 11.5 Å². The summed E-state index contributed by atoms with van der Waals surface area (Å²) in [6.45, 7) is 4.28. The molecule has 1 saturated heterocycles. The zero-order valence-corrected chi connectivity index (χ0v) is 14.0. The SMILES string of the molecule is COc1c(OCCCN2CCCC2)ccc2c1[nH]c1cccnc12. The van der Waals surface area contributed by atoms with Gasteiger partial charge in [-0.2, -0.15) is 0 Å². The monoisotopic (exact) mass is 325 g/mol. The van der Waals surface area contributed by atoms with E-state index in [0.717, 1.165) is 46.4 Å². The third-order valence-electron chi connectivity index (χ3n) is 4.72. The molecule has 0 radical (unpaired) electrons. The third kappa shape index (κ3) is 2.80. The Kier molecular flexibility index (Phi) is 4.26. The summed E-state index contributed by atoms with van der Waals surface area (Å²) < 4.78 is 11.6. The second kappa shape index (κ2) is 6.69. The van der Waals surface area contributed by atoms with Crippen LogP contribution in [0.15, 0.2) is 30.5 Å². The molecule has 24 heavy (non-hydrogen) atoms. The number of fused-ring (bicyclic) bond motifs is 3. The van der Waals surface area contributed by atoms with Crippen molar-refractivity contribution >= 4 is 21.9 Å². The highest BCUT2D eigenvalue weighted by atomic mass is 16.5. The van der Waals surface area contributed by atoms with Crippen molar-refractivity contribution in [3.63, 3.8) is 0 Å². The molecule has 0 unspecified atom stereocenters. The molecule has 0 saturated carbocycles. The van der Waals surface area contributed by atoms with E-state index < -0.39 is 0 Å². The normalized spacial score (nSPS) is 15.4. The number of benzene rings is 1. The van der Waals surface area contributed by atoms with E-state index in [0.29, 0.717) is 6.61 Å². The van der Waals surface area contributed by atoms with E-state index in [1.54, 1.807) is 7.11 Å². The topological polar surface area (TPSA) is 50.4 Å². The first kappa shape index (κ1) is 15.3. The Morgan fingerprint density at radius 3 is 2.92 bits per heavy atom. The number of likely N-dealkylation sites (tertiary alicyclic amines) is 1.